The van der Waals surface area contributed by atoms with Crippen molar-refractivity contribution in [3.63, 3.8) is 0 Å². The van der Waals surface area contributed by atoms with Crippen LogP contribution in [-0.2, 0) is 0 Å². The lowest BCUT2D eigenvalue weighted by Crippen LogP contribution is -2.38. The monoisotopic (exact) mass is 227 g/mol. The van der Waals surface area contributed by atoms with Gasteiger partial charge in [-0.3, -0.25) is 0 Å². The molecule has 0 spiro atoms. The minimum atomic E-state index is 0.268. The van der Waals surface area contributed by atoms with Gasteiger partial charge in [-0.15, -0.1) is 0 Å². The van der Waals surface area contributed by atoms with Crippen molar-refractivity contribution in [1.29, 1.82) is 0 Å². The molecule has 0 aromatic carbocycles. The average Bonchev–Trinajstić information content (AvgIpc) is 2.34. The zero-order valence-corrected chi connectivity index (χ0v) is 11.0. The lowest BCUT2D eigenvalue weighted by Gasteiger charge is -2.25. The van der Waals surface area contributed by atoms with Gasteiger partial charge >= 0.3 is 0 Å². The molecule has 2 N–H and O–H groups in total. The van der Waals surface area contributed by atoms with Gasteiger partial charge in [0.2, 0.25) is 0 Å². The van der Waals surface area contributed by atoms with Crippen LogP contribution in [-0.4, -0.2) is 23.8 Å². The van der Waals surface area contributed by atoms with Gasteiger partial charge < -0.3 is 10.4 Å². The van der Waals surface area contributed by atoms with Gasteiger partial charge in [-0.05, 0) is 32.1 Å². The molecule has 0 bridgehead atoms. The zero-order chi connectivity index (χ0) is 11.8. The Morgan fingerprint density at radius 2 is 1.94 bits per heavy atom. The maximum Gasteiger partial charge on any atom is 0.0584 e. The van der Waals surface area contributed by atoms with Crippen molar-refractivity contribution in [2.75, 3.05) is 6.61 Å². The smallest absolute Gasteiger partial charge is 0.0584 e. The SMILES string of the molecule is CC[C@H](CO)NC(C)CCC1CCCCC1. The molecular weight excluding hydrogens is 198 g/mol. The molecule has 0 radical (unpaired) electrons. The third-order valence-electron chi connectivity index (χ3n) is 3.97. The lowest BCUT2D eigenvalue weighted by molar-refractivity contribution is 0.223. The molecule has 0 aromatic heterocycles. The summed E-state index contributed by atoms with van der Waals surface area (Å²) in [6, 6.07) is 0.848. The molecule has 2 heteroatoms. The van der Waals surface area contributed by atoms with Crippen molar-refractivity contribution in [3.05, 3.63) is 0 Å². The van der Waals surface area contributed by atoms with E-state index in [1.165, 1.54) is 44.9 Å². The minimum Gasteiger partial charge on any atom is -0.395 e. The van der Waals surface area contributed by atoms with E-state index >= 15 is 0 Å². The first-order valence-electron chi connectivity index (χ1n) is 7.13. The van der Waals surface area contributed by atoms with Crippen molar-refractivity contribution in [2.45, 2.75) is 77.3 Å². The molecule has 96 valence electrons. The van der Waals surface area contributed by atoms with Crippen LogP contribution in [0.4, 0.5) is 0 Å². The Kier molecular flexibility index (Phi) is 7.06. The Hall–Kier alpha value is -0.0800. The molecule has 2 atom stereocenters. The second-order valence-electron chi connectivity index (χ2n) is 5.44. The molecule has 1 aliphatic carbocycles. The van der Waals surface area contributed by atoms with Gasteiger partial charge in [-0.2, -0.15) is 0 Å². The highest BCUT2D eigenvalue weighted by atomic mass is 16.3. The Labute approximate surface area is 101 Å². The molecule has 0 aliphatic heterocycles. The number of hydrogen-bond donors (Lipinski definition) is 2. The van der Waals surface area contributed by atoms with Gasteiger partial charge in [0.1, 0.15) is 0 Å². The topological polar surface area (TPSA) is 32.3 Å². The van der Waals surface area contributed by atoms with Crippen molar-refractivity contribution < 1.29 is 5.11 Å². The molecule has 0 saturated heterocycles. The summed E-state index contributed by atoms with van der Waals surface area (Å²) in [4.78, 5) is 0. The van der Waals surface area contributed by atoms with E-state index in [0.717, 1.165) is 12.3 Å². The summed E-state index contributed by atoms with van der Waals surface area (Å²) in [5, 5.41) is 12.6. The van der Waals surface area contributed by atoms with E-state index in [4.69, 9.17) is 5.11 Å². The van der Waals surface area contributed by atoms with Gasteiger partial charge in [-0.25, -0.2) is 0 Å². The third kappa shape index (κ3) is 5.31. The van der Waals surface area contributed by atoms with Crippen molar-refractivity contribution in [1.82, 2.24) is 5.32 Å². The van der Waals surface area contributed by atoms with Crippen molar-refractivity contribution in [3.8, 4) is 0 Å². The maximum atomic E-state index is 9.13. The summed E-state index contributed by atoms with van der Waals surface area (Å²) in [6.45, 7) is 4.65. The van der Waals surface area contributed by atoms with E-state index in [2.05, 4.69) is 19.2 Å². The molecule has 1 saturated carbocycles. The summed E-state index contributed by atoms with van der Waals surface area (Å²) >= 11 is 0. The fraction of sp³-hybridized carbons (Fsp3) is 1.00. The second-order valence-corrected chi connectivity index (χ2v) is 5.44. The highest BCUT2D eigenvalue weighted by Crippen LogP contribution is 2.27. The van der Waals surface area contributed by atoms with Gasteiger partial charge in [-0.1, -0.05) is 39.0 Å². The Balaban J connectivity index is 2.10. The first kappa shape index (κ1) is 14.0. The Morgan fingerprint density at radius 3 is 2.50 bits per heavy atom. The standard InChI is InChI=1S/C14H29NO/c1-3-14(11-16)15-12(2)9-10-13-7-5-4-6-8-13/h12-16H,3-11H2,1-2H3/t12?,14-/m1/s1. The molecular formula is C14H29NO. The van der Waals surface area contributed by atoms with Crippen LogP contribution in [0.15, 0.2) is 0 Å². The normalized spacial score (nSPS) is 21.9. The van der Waals surface area contributed by atoms with Gasteiger partial charge in [0, 0.05) is 12.1 Å². The summed E-state index contributed by atoms with van der Waals surface area (Å²) in [6.07, 6.45) is 10.9. The number of aliphatic hydroxyl groups excluding tert-OH is 1. The van der Waals surface area contributed by atoms with Gasteiger partial charge in [0.05, 0.1) is 6.61 Å². The summed E-state index contributed by atoms with van der Waals surface area (Å²) in [5.74, 6) is 0.979. The summed E-state index contributed by atoms with van der Waals surface area (Å²) < 4.78 is 0. The van der Waals surface area contributed by atoms with E-state index in [9.17, 15) is 0 Å². The van der Waals surface area contributed by atoms with E-state index < -0.39 is 0 Å². The molecule has 1 rings (SSSR count). The Bertz CT molecular complexity index is 162. The van der Waals surface area contributed by atoms with E-state index in [0.29, 0.717) is 12.1 Å². The average molecular weight is 227 g/mol. The van der Waals surface area contributed by atoms with E-state index in [1.54, 1.807) is 0 Å². The highest BCUT2D eigenvalue weighted by Gasteiger charge is 2.15. The lowest BCUT2D eigenvalue weighted by atomic mass is 9.85. The van der Waals surface area contributed by atoms with E-state index in [-0.39, 0.29) is 6.61 Å². The molecule has 0 amide bonds. The van der Waals surface area contributed by atoms with Crippen molar-refractivity contribution >= 4 is 0 Å². The Morgan fingerprint density at radius 1 is 1.25 bits per heavy atom. The minimum absolute atomic E-state index is 0.268. The van der Waals surface area contributed by atoms with Crippen LogP contribution in [0.2, 0.25) is 0 Å². The predicted octanol–water partition coefficient (Wildman–Crippen LogP) is 3.10. The molecule has 1 aliphatic rings. The van der Waals surface area contributed by atoms with Crippen LogP contribution in [0, 0.1) is 5.92 Å². The maximum absolute atomic E-state index is 9.13. The van der Waals surface area contributed by atoms with Crippen molar-refractivity contribution in [2.24, 2.45) is 5.92 Å². The van der Waals surface area contributed by atoms with Gasteiger partial charge in [0.25, 0.3) is 0 Å². The quantitative estimate of drug-likeness (QED) is 0.700. The van der Waals surface area contributed by atoms with Crippen LogP contribution in [0.3, 0.4) is 0 Å². The number of aliphatic hydroxyl groups is 1. The van der Waals surface area contributed by atoms with Crippen LogP contribution >= 0.6 is 0 Å². The molecule has 0 heterocycles. The number of hydrogen-bond acceptors (Lipinski definition) is 2. The molecule has 0 aromatic rings. The third-order valence-corrected chi connectivity index (χ3v) is 3.97. The van der Waals surface area contributed by atoms with Crippen LogP contribution in [0.1, 0.15) is 65.2 Å². The predicted molar refractivity (Wildman–Crippen MR) is 69.6 cm³/mol. The van der Waals surface area contributed by atoms with E-state index in [1.807, 2.05) is 0 Å². The first-order chi connectivity index (χ1) is 7.76. The largest absolute Gasteiger partial charge is 0.395 e. The van der Waals surface area contributed by atoms with Crippen LogP contribution < -0.4 is 5.32 Å². The molecule has 1 fully saturated rings. The molecule has 16 heavy (non-hydrogen) atoms. The fourth-order valence-corrected chi connectivity index (χ4v) is 2.75. The summed E-state index contributed by atoms with van der Waals surface area (Å²) in [5.41, 5.74) is 0. The number of nitrogens with one attached hydrogen (secondary N) is 1. The van der Waals surface area contributed by atoms with Gasteiger partial charge in [0.15, 0.2) is 0 Å². The second kappa shape index (κ2) is 8.08. The molecule has 1 unspecified atom stereocenters. The highest BCUT2D eigenvalue weighted by molar-refractivity contribution is 4.72. The van der Waals surface area contributed by atoms with Crippen LogP contribution in [0.5, 0.6) is 0 Å². The number of rotatable bonds is 7. The first-order valence-corrected chi connectivity index (χ1v) is 7.13. The zero-order valence-electron chi connectivity index (χ0n) is 11.0. The molecule has 2 nitrogen and oxygen atoms in total. The summed E-state index contributed by atoms with van der Waals surface area (Å²) in [7, 11) is 0. The van der Waals surface area contributed by atoms with Crippen LogP contribution in [0.25, 0.3) is 0 Å². The fourth-order valence-electron chi connectivity index (χ4n) is 2.75.